The number of hydrogen-bond donors (Lipinski definition) is 2. The molecule has 1 aliphatic carbocycles. The predicted molar refractivity (Wildman–Crippen MR) is 94.8 cm³/mol. The molecular formula is C20H24N2O2. The lowest BCUT2D eigenvalue weighted by molar-refractivity contribution is -0.0546. The van der Waals surface area contributed by atoms with Gasteiger partial charge in [0.1, 0.15) is 0 Å². The summed E-state index contributed by atoms with van der Waals surface area (Å²) in [5.74, 6) is 0. The summed E-state index contributed by atoms with van der Waals surface area (Å²) >= 11 is 0. The van der Waals surface area contributed by atoms with Crippen LogP contribution in [0.15, 0.2) is 42.5 Å². The van der Waals surface area contributed by atoms with Gasteiger partial charge in [-0.05, 0) is 42.5 Å². The molecule has 1 saturated carbocycles. The molecule has 2 amide bonds. The lowest BCUT2D eigenvalue weighted by atomic mass is 9.66. The predicted octanol–water partition coefficient (Wildman–Crippen LogP) is 3.46. The Balaban J connectivity index is 1.48. The first-order chi connectivity index (χ1) is 11.6. The van der Waals surface area contributed by atoms with Crippen LogP contribution in [0.2, 0.25) is 0 Å². The Hall–Kier alpha value is -2.07. The fourth-order valence-electron chi connectivity index (χ4n) is 4.21. The fourth-order valence-corrected chi connectivity index (χ4v) is 4.21. The molecule has 3 atom stereocenters. The number of amides is 2. The second-order valence-electron chi connectivity index (χ2n) is 7.33. The molecule has 4 nitrogen and oxygen atoms in total. The molecule has 1 heterocycles. The molecule has 0 radical (unpaired) electrons. The van der Waals surface area contributed by atoms with Gasteiger partial charge in [-0.25, -0.2) is 4.79 Å². The van der Waals surface area contributed by atoms with Gasteiger partial charge < -0.3 is 15.3 Å². The molecule has 0 bridgehead atoms. The molecule has 4 rings (SSSR count). The van der Waals surface area contributed by atoms with E-state index >= 15 is 0 Å². The molecule has 1 aliphatic heterocycles. The molecule has 2 N–H and O–H groups in total. The second kappa shape index (κ2) is 5.78. The number of hydrogen-bond acceptors (Lipinski definition) is 2. The number of nitrogens with zero attached hydrogens (tertiary/aromatic N) is 1. The molecular weight excluding hydrogens is 300 g/mol. The highest BCUT2D eigenvalue weighted by atomic mass is 16.3. The zero-order chi connectivity index (χ0) is 16.7. The maximum absolute atomic E-state index is 12.6. The van der Waals surface area contributed by atoms with Gasteiger partial charge in [0, 0.05) is 18.5 Å². The van der Waals surface area contributed by atoms with Crippen molar-refractivity contribution in [3.63, 3.8) is 0 Å². The number of likely N-dealkylation sites (tertiary alicyclic amines) is 1. The van der Waals surface area contributed by atoms with Crippen molar-refractivity contribution in [2.75, 3.05) is 13.1 Å². The van der Waals surface area contributed by atoms with Crippen LogP contribution in [0.4, 0.5) is 4.79 Å². The first-order valence-electron chi connectivity index (χ1n) is 8.80. The summed E-state index contributed by atoms with van der Waals surface area (Å²) in [5, 5.41) is 15.5. The maximum Gasteiger partial charge on any atom is 0.317 e. The highest BCUT2D eigenvalue weighted by Crippen LogP contribution is 2.48. The third kappa shape index (κ3) is 2.46. The quantitative estimate of drug-likeness (QED) is 0.889. The minimum absolute atomic E-state index is 0.0218. The smallest absolute Gasteiger partial charge is 0.317 e. The molecule has 4 heteroatoms. The number of benzene rings is 2. The standard InChI is InChI=1S/C20H24N2O2/c1-14(16-8-4-6-15-5-2-3-7-17(15)16)21-19(24)22-12-11-20(13-22)10-9-18(20)23/h2-8,14,18,23H,9-13H2,1H3,(H,21,24). The van der Waals surface area contributed by atoms with E-state index in [0.29, 0.717) is 6.54 Å². The van der Waals surface area contributed by atoms with Gasteiger partial charge in [-0.15, -0.1) is 0 Å². The number of fused-ring (bicyclic) bond motifs is 1. The van der Waals surface area contributed by atoms with Gasteiger partial charge in [-0.3, -0.25) is 0 Å². The van der Waals surface area contributed by atoms with E-state index < -0.39 is 0 Å². The largest absolute Gasteiger partial charge is 0.392 e. The molecule has 2 aromatic rings. The molecule has 3 unspecified atom stereocenters. The van der Waals surface area contributed by atoms with E-state index in [2.05, 4.69) is 29.6 Å². The third-order valence-corrected chi connectivity index (χ3v) is 5.92. The highest BCUT2D eigenvalue weighted by molar-refractivity contribution is 5.86. The average Bonchev–Trinajstić information content (AvgIpc) is 3.08. The molecule has 24 heavy (non-hydrogen) atoms. The average molecular weight is 324 g/mol. The number of carbonyl (C=O) groups is 1. The number of urea groups is 1. The van der Waals surface area contributed by atoms with E-state index in [-0.39, 0.29) is 23.6 Å². The Morgan fingerprint density at radius 1 is 1.25 bits per heavy atom. The Morgan fingerprint density at radius 2 is 2.04 bits per heavy atom. The summed E-state index contributed by atoms with van der Waals surface area (Å²) in [5.41, 5.74) is 1.11. The van der Waals surface area contributed by atoms with Crippen LogP contribution in [0.1, 0.15) is 37.8 Å². The number of aliphatic hydroxyl groups excluding tert-OH is 1. The van der Waals surface area contributed by atoms with Gasteiger partial charge in [0.15, 0.2) is 0 Å². The van der Waals surface area contributed by atoms with Gasteiger partial charge >= 0.3 is 6.03 Å². The first kappa shape index (κ1) is 15.5. The van der Waals surface area contributed by atoms with Gasteiger partial charge in [-0.1, -0.05) is 42.5 Å². The van der Waals surface area contributed by atoms with E-state index in [1.165, 1.54) is 10.8 Å². The lowest BCUT2D eigenvalue weighted by Gasteiger charge is -2.43. The van der Waals surface area contributed by atoms with E-state index in [0.717, 1.165) is 31.4 Å². The zero-order valence-corrected chi connectivity index (χ0v) is 14.0. The number of rotatable bonds is 2. The van der Waals surface area contributed by atoms with Crippen molar-refractivity contribution in [1.82, 2.24) is 10.2 Å². The van der Waals surface area contributed by atoms with Gasteiger partial charge in [0.05, 0.1) is 12.1 Å². The normalized spacial score (nSPS) is 27.2. The van der Waals surface area contributed by atoms with Gasteiger partial charge in [-0.2, -0.15) is 0 Å². The molecule has 0 aromatic heterocycles. The summed E-state index contributed by atoms with van der Waals surface area (Å²) < 4.78 is 0. The summed E-state index contributed by atoms with van der Waals surface area (Å²) in [6.07, 6.45) is 2.61. The third-order valence-electron chi connectivity index (χ3n) is 5.92. The van der Waals surface area contributed by atoms with Crippen molar-refractivity contribution in [2.24, 2.45) is 5.41 Å². The Bertz CT molecular complexity index is 770. The van der Waals surface area contributed by atoms with Crippen molar-refractivity contribution in [2.45, 2.75) is 38.3 Å². The summed E-state index contributed by atoms with van der Waals surface area (Å²) in [6.45, 7) is 3.46. The Kier molecular flexibility index (Phi) is 3.72. The number of nitrogens with one attached hydrogen (secondary N) is 1. The van der Waals surface area contributed by atoms with E-state index in [4.69, 9.17) is 0 Å². The molecule has 1 saturated heterocycles. The maximum atomic E-state index is 12.6. The van der Waals surface area contributed by atoms with Gasteiger partial charge in [0.2, 0.25) is 0 Å². The van der Waals surface area contributed by atoms with Crippen LogP contribution in [0.5, 0.6) is 0 Å². The van der Waals surface area contributed by atoms with Crippen molar-refractivity contribution >= 4 is 16.8 Å². The van der Waals surface area contributed by atoms with Crippen LogP contribution in [-0.4, -0.2) is 35.2 Å². The fraction of sp³-hybridized carbons (Fsp3) is 0.450. The highest BCUT2D eigenvalue weighted by Gasteiger charge is 2.51. The van der Waals surface area contributed by atoms with Crippen molar-refractivity contribution in [3.05, 3.63) is 48.0 Å². The van der Waals surface area contributed by atoms with Crippen LogP contribution in [0.3, 0.4) is 0 Å². The zero-order valence-electron chi connectivity index (χ0n) is 14.0. The van der Waals surface area contributed by atoms with Crippen molar-refractivity contribution < 1.29 is 9.90 Å². The van der Waals surface area contributed by atoms with E-state index in [1.54, 1.807) is 0 Å². The van der Waals surface area contributed by atoms with Crippen LogP contribution >= 0.6 is 0 Å². The summed E-state index contributed by atoms with van der Waals surface area (Å²) in [4.78, 5) is 14.5. The summed E-state index contributed by atoms with van der Waals surface area (Å²) in [6, 6.07) is 14.4. The minimum Gasteiger partial charge on any atom is -0.392 e. The SMILES string of the molecule is CC(NC(=O)N1CCC2(CCC2O)C1)c1cccc2ccccc12. The van der Waals surface area contributed by atoms with E-state index in [9.17, 15) is 9.90 Å². The number of aliphatic hydroxyl groups is 1. The lowest BCUT2D eigenvalue weighted by Crippen LogP contribution is -2.48. The summed E-state index contributed by atoms with van der Waals surface area (Å²) in [7, 11) is 0. The molecule has 1 spiro atoms. The minimum atomic E-state index is -0.231. The van der Waals surface area contributed by atoms with Crippen molar-refractivity contribution in [1.29, 1.82) is 0 Å². The first-order valence-corrected chi connectivity index (χ1v) is 8.80. The number of carbonyl (C=O) groups excluding carboxylic acids is 1. The molecule has 2 aromatic carbocycles. The monoisotopic (exact) mass is 324 g/mol. The van der Waals surface area contributed by atoms with Crippen LogP contribution < -0.4 is 5.32 Å². The second-order valence-corrected chi connectivity index (χ2v) is 7.33. The van der Waals surface area contributed by atoms with Crippen LogP contribution in [0.25, 0.3) is 10.8 Å². The Morgan fingerprint density at radius 3 is 2.75 bits per heavy atom. The van der Waals surface area contributed by atoms with Crippen LogP contribution in [0, 0.1) is 5.41 Å². The molecule has 2 fully saturated rings. The van der Waals surface area contributed by atoms with Crippen LogP contribution in [-0.2, 0) is 0 Å². The molecule has 2 aliphatic rings. The van der Waals surface area contributed by atoms with Crippen molar-refractivity contribution in [3.8, 4) is 0 Å². The van der Waals surface area contributed by atoms with E-state index in [1.807, 2.05) is 30.0 Å². The Labute approximate surface area is 142 Å². The van der Waals surface area contributed by atoms with Gasteiger partial charge in [0.25, 0.3) is 0 Å². The topological polar surface area (TPSA) is 52.6 Å². The molecule has 126 valence electrons.